The molecule has 7 heteroatoms. The summed E-state index contributed by atoms with van der Waals surface area (Å²) in [7, 11) is 0. The fourth-order valence-corrected chi connectivity index (χ4v) is 2.45. The lowest BCUT2D eigenvalue weighted by Gasteiger charge is -2.06. The molecule has 1 aliphatic rings. The zero-order chi connectivity index (χ0) is 18.4. The molecule has 1 heterocycles. The van der Waals surface area contributed by atoms with Gasteiger partial charge in [0.1, 0.15) is 5.82 Å². The molecule has 0 atom stereocenters. The molecule has 0 fully saturated rings. The smallest absolute Gasteiger partial charge is 0.260 e. The van der Waals surface area contributed by atoms with Crippen LogP contribution in [0.2, 0.25) is 0 Å². The number of hydrogen-bond acceptors (Lipinski definition) is 5. The monoisotopic (exact) mass is 358 g/mol. The van der Waals surface area contributed by atoms with Crippen LogP contribution < -0.4 is 14.8 Å². The Morgan fingerprint density at radius 3 is 2.92 bits per heavy atom. The molecule has 0 aliphatic carbocycles. The lowest BCUT2D eigenvalue weighted by Crippen LogP contribution is -2.29. The Bertz CT molecular complexity index is 823. The molecule has 136 valence electrons. The van der Waals surface area contributed by atoms with Crippen LogP contribution in [0.3, 0.4) is 0 Å². The Hall–Kier alpha value is -3.09. The molecule has 6 nitrogen and oxygen atoms in total. The van der Waals surface area contributed by atoms with Crippen molar-refractivity contribution >= 4 is 11.6 Å². The molecule has 0 bridgehead atoms. The first-order valence-electron chi connectivity index (χ1n) is 8.19. The van der Waals surface area contributed by atoms with Crippen molar-refractivity contribution in [2.45, 2.75) is 13.3 Å². The predicted octanol–water partition coefficient (Wildman–Crippen LogP) is 2.65. The summed E-state index contributed by atoms with van der Waals surface area (Å²) in [6.07, 6.45) is 0.545. The van der Waals surface area contributed by atoms with Gasteiger partial charge in [0.25, 0.3) is 5.91 Å². The Balaban J connectivity index is 1.42. The molecule has 2 aromatic carbocycles. The minimum absolute atomic E-state index is 0.189. The lowest BCUT2D eigenvalue weighted by molar-refractivity contribution is -0.125. The number of benzene rings is 2. The van der Waals surface area contributed by atoms with Crippen molar-refractivity contribution in [3.63, 3.8) is 0 Å². The normalized spacial score (nSPS) is 12.8. The van der Waals surface area contributed by atoms with E-state index >= 15 is 0 Å². The first kappa shape index (κ1) is 17.7. The van der Waals surface area contributed by atoms with Crippen LogP contribution in [0.1, 0.15) is 18.1 Å². The number of carbonyl (C=O) groups excluding carboxylic acids is 1. The van der Waals surface area contributed by atoms with Crippen LogP contribution in [0.15, 0.2) is 47.6 Å². The summed E-state index contributed by atoms with van der Waals surface area (Å²) >= 11 is 0. The molecule has 2 aromatic rings. The van der Waals surface area contributed by atoms with E-state index in [-0.39, 0.29) is 25.1 Å². The number of ether oxygens (including phenoxy) is 2. The fourth-order valence-electron chi connectivity index (χ4n) is 2.45. The van der Waals surface area contributed by atoms with E-state index in [0.717, 1.165) is 11.1 Å². The van der Waals surface area contributed by atoms with Crippen LogP contribution in [-0.4, -0.2) is 31.6 Å². The highest BCUT2D eigenvalue weighted by Crippen LogP contribution is 2.32. The molecule has 1 aliphatic heterocycles. The van der Waals surface area contributed by atoms with Crippen molar-refractivity contribution in [3.8, 4) is 11.5 Å². The molecular weight excluding hydrogens is 339 g/mol. The summed E-state index contributed by atoms with van der Waals surface area (Å²) in [4.78, 5) is 16.9. The molecule has 1 amide bonds. The van der Waals surface area contributed by atoms with Crippen LogP contribution in [0.5, 0.6) is 11.5 Å². The quantitative estimate of drug-likeness (QED) is 0.610. The number of halogens is 1. The predicted molar refractivity (Wildman–Crippen MR) is 93.8 cm³/mol. The lowest BCUT2D eigenvalue weighted by atomic mass is 10.1. The van der Waals surface area contributed by atoms with Gasteiger partial charge in [-0.25, -0.2) is 4.39 Å². The van der Waals surface area contributed by atoms with Crippen molar-refractivity contribution in [1.29, 1.82) is 0 Å². The maximum Gasteiger partial charge on any atom is 0.260 e. The summed E-state index contributed by atoms with van der Waals surface area (Å²) in [5.41, 5.74) is 2.26. The molecule has 1 N–H and O–H groups in total. The molecular formula is C19H19FN2O4. The standard InChI is InChI=1S/C19H19FN2O4/c1-13(15-5-6-17-18(10-15)25-12-24-17)22-26-11-19(23)21-8-7-14-3-2-4-16(20)9-14/h2-6,9-10H,7-8,11-12H2,1H3,(H,21,23)/b22-13-. The second-order valence-electron chi connectivity index (χ2n) is 5.75. The van der Waals surface area contributed by atoms with Crippen LogP contribution in [-0.2, 0) is 16.1 Å². The van der Waals surface area contributed by atoms with Crippen LogP contribution >= 0.6 is 0 Å². The van der Waals surface area contributed by atoms with Gasteiger partial charge in [0.2, 0.25) is 6.79 Å². The maximum atomic E-state index is 13.1. The van der Waals surface area contributed by atoms with Crippen molar-refractivity contribution in [1.82, 2.24) is 5.32 Å². The molecule has 26 heavy (non-hydrogen) atoms. The van der Waals surface area contributed by atoms with Gasteiger partial charge in [-0.3, -0.25) is 4.79 Å². The van der Waals surface area contributed by atoms with Crippen LogP contribution in [0.4, 0.5) is 4.39 Å². The molecule has 0 spiro atoms. The molecule has 0 saturated heterocycles. The number of rotatable bonds is 7. The minimum atomic E-state index is -0.288. The van der Waals surface area contributed by atoms with E-state index in [9.17, 15) is 9.18 Å². The second kappa shape index (κ2) is 8.33. The molecule has 0 aromatic heterocycles. The van der Waals surface area contributed by atoms with Gasteiger partial charge in [-0.2, -0.15) is 0 Å². The number of carbonyl (C=O) groups is 1. The first-order valence-corrected chi connectivity index (χ1v) is 8.19. The van der Waals surface area contributed by atoms with Gasteiger partial charge < -0.3 is 19.6 Å². The zero-order valence-electron chi connectivity index (χ0n) is 14.3. The van der Waals surface area contributed by atoms with Crippen molar-refractivity contribution < 1.29 is 23.5 Å². The highest BCUT2D eigenvalue weighted by atomic mass is 19.1. The Morgan fingerprint density at radius 1 is 1.23 bits per heavy atom. The van der Waals surface area contributed by atoms with E-state index in [1.165, 1.54) is 12.1 Å². The largest absolute Gasteiger partial charge is 0.454 e. The third-order valence-electron chi connectivity index (χ3n) is 3.81. The van der Waals surface area contributed by atoms with Gasteiger partial charge in [0.05, 0.1) is 5.71 Å². The van der Waals surface area contributed by atoms with E-state index in [1.807, 2.05) is 18.2 Å². The van der Waals surface area contributed by atoms with E-state index in [4.69, 9.17) is 14.3 Å². The number of oxime groups is 1. The number of fused-ring (bicyclic) bond motifs is 1. The number of hydrogen-bond donors (Lipinski definition) is 1. The third kappa shape index (κ3) is 4.72. The van der Waals surface area contributed by atoms with Gasteiger partial charge in [-0.1, -0.05) is 17.3 Å². The summed E-state index contributed by atoms with van der Waals surface area (Å²) < 4.78 is 23.6. The fraction of sp³-hybridized carbons (Fsp3) is 0.263. The summed E-state index contributed by atoms with van der Waals surface area (Å²) in [5, 5.41) is 6.65. The van der Waals surface area contributed by atoms with E-state index in [2.05, 4.69) is 10.5 Å². The number of nitrogens with zero attached hydrogens (tertiary/aromatic N) is 1. The van der Waals surface area contributed by atoms with Crippen LogP contribution in [0.25, 0.3) is 0 Å². The summed E-state index contributed by atoms with van der Waals surface area (Å²) in [6, 6.07) is 11.7. The Morgan fingerprint density at radius 2 is 2.08 bits per heavy atom. The topological polar surface area (TPSA) is 69.2 Å². The molecule has 3 rings (SSSR count). The van der Waals surface area contributed by atoms with E-state index in [1.54, 1.807) is 19.1 Å². The average Bonchev–Trinajstić information content (AvgIpc) is 3.09. The average molecular weight is 358 g/mol. The van der Waals surface area contributed by atoms with E-state index in [0.29, 0.717) is 30.2 Å². The minimum Gasteiger partial charge on any atom is -0.454 e. The van der Waals surface area contributed by atoms with Gasteiger partial charge in [0.15, 0.2) is 18.1 Å². The molecule has 0 saturated carbocycles. The molecule has 0 unspecified atom stereocenters. The maximum absolute atomic E-state index is 13.1. The van der Waals surface area contributed by atoms with Gasteiger partial charge in [-0.15, -0.1) is 0 Å². The third-order valence-corrected chi connectivity index (χ3v) is 3.81. The van der Waals surface area contributed by atoms with E-state index < -0.39 is 0 Å². The molecule has 0 radical (unpaired) electrons. The van der Waals surface area contributed by atoms with Crippen molar-refractivity contribution in [3.05, 3.63) is 59.4 Å². The van der Waals surface area contributed by atoms with Crippen molar-refractivity contribution in [2.75, 3.05) is 19.9 Å². The number of amides is 1. The zero-order valence-corrected chi connectivity index (χ0v) is 14.3. The van der Waals surface area contributed by atoms with Crippen LogP contribution in [0, 0.1) is 5.82 Å². The SMILES string of the molecule is C/C(=N/OCC(=O)NCCc1cccc(F)c1)c1ccc2c(c1)OCO2. The van der Waals surface area contributed by atoms with Crippen molar-refractivity contribution in [2.24, 2.45) is 5.16 Å². The number of nitrogens with one attached hydrogen (secondary N) is 1. The van der Waals surface area contributed by atoms with Gasteiger partial charge >= 0.3 is 0 Å². The Kier molecular flexibility index (Phi) is 5.68. The summed E-state index contributed by atoms with van der Waals surface area (Å²) in [6.45, 7) is 2.20. The second-order valence-corrected chi connectivity index (χ2v) is 5.75. The highest BCUT2D eigenvalue weighted by molar-refractivity contribution is 5.99. The van der Waals surface area contributed by atoms with Gasteiger partial charge in [-0.05, 0) is 49.2 Å². The highest BCUT2D eigenvalue weighted by Gasteiger charge is 2.14. The first-order chi connectivity index (χ1) is 12.6. The van der Waals surface area contributed by atoms with Gasteiger partial charge in [0, 0.05) is 12.1 Å². The summed E-state index contributed by atoms with van der Waals surface area (Å²) in [5.74, 6) is 0.779. The Labute approximate surface area is 150 Å².